The second-order valence-electron chi connectivity index (χ2n) is 5.23. The van der Waals surface area contributed by atoms with Gasteiger partial charge in [-0.05, 0) is 49.4 Å². The highest BCUT2D eigenvalue weighted by Crippen LogP contribution is 2.28. The summed E-state index contributed by atoms with van der Waals surface area (Å²) in [6.45, 7) is 3.42. The third-order valence-corrected chi connectivity index (χ3v) is 3.30. The molecule has 0 heterocycles. The molecule has 0 saturated heterocycles. The lowest BCUT2D eigenvalue weighted by Crippen LogP contribution is -2.31. The number of carbonyl (C=O) groups excluding carboxylic acids is 1. The second kappa shape index (κ2) is 7.08. The first-order valence-corrected chi connectivity index (χ1v) is 7.03. The Kier molecular flexibility index (Phi) is 5.16. The minimum Gasteiger partial charge on any atom is -0.478 e. The Hall–Kier alpha value is -2.08. The van der Waals surface area contributed by atoms with Crippen molar-refractivity contribution in [1.29, 1.82) is 0 Å². The number of rotatable bonds is 7. The predicted octanol–water partition coefficient (Wildman–Crippen LogP) is 2.24. The third-order valence-electron chi connectivity index (χ3n) is 3.30. The number of aromatic carboxylic acids is 1. The summed E-state index contributed by atoms with van der Waals surface area (Å²) < 4.78 is 5.41. The van der Waals surface area contributed by atoms with E-state index >= 15 is 0 Å². The fraction of sp³-hybridized carbons (Fsp3) is 0.467. The first-order valence-electron chi connectivity index (χ1n) is 7.03. The Morgan fingerprint density at radius 2 is 2.14 bits per heavy atom. The van der Waals surface area contributed by atoms with E-state index in [0.717, 1.165) is 12.5 Å². The van der Waals surface area contributed by atoms with E-state index in [0.29, 0.717) is 24.4 Å². The second-order valence-corrected chi connectivity index (χ2v) is 5.23. The molecule has 1 aromatic rings. The molecule has 0 bridgehead atoms. The van der Waals surface area contributed by atoms with Crippen LogP contribution in [0.1, 0.15) is 28.8 Å². The summed E-state index contributed by atoms with van der Waals surface area (Å²) in [5.41, 5.74) is 1.40. The van der Waals surface area contributed by atoms with E-state index in [1.807, 2.05) is 0 Å². The number of carboxylic acids is 1. The van der Waals surface area contributed by atoms with Gasteiger partial charge in [-0.1, -0.05) is 0 Å². The van der Waals surface area contributed by atoms with Gasteiger partial charge in [0.15, 0.2) is 0 Å². The van der Waals surface area contributed by atoms with Crippen molar-refractivity contribution in [1.82, 2.24) is 5.32 Å². The van der Waals surface area contributed by atoms with Crippen LogP contribution in [0.15, 0.2) is 18.2 Å². The molecule has 2 rings (SSSR count). The summed E-state index contributed by atoms with van der Waals surface area (Å²) in [7, 11) is 0. The highest BCUT2D eigenvalue weighted by Gasteiger charge is 2.20. The van der Waals surface area contributed by atoms with Gasteiger partial charge in [0.25, 0.3) is 0 Å². The first kappa shape index (κ1) is 15.3. The van der Waals surface area contributed by atoms with Crippen molar-refractivity contribution in [3.63, 3.8) is 0 Å². The van der Waals surface area contributed by atoms with Gasteiger partial charge in [0.2, 0.25) is 0 Å². The minimum atomic E-state index is -0.976. The maximum Gasteiger partial charge on any atom is 0.335 e. The smallest absolute Gasteiger partial charge is 0.335 e. The van der Waals surface area contributed by atoms with E-state index in [9.17, 15) is 9.59 Å². The zero-order valence-electron chi connectivity index (χ0n) is 12.0. The van der Waals surface area contributed by atoms with Crippen molar-refractivity contribution in [3.8, 4) is 0 Å². The number of carbonyl (C=O) groups is 2. The van der Waals surface area contributed by atoms with Crippen LogP contribution in [0.2, 0.25) is 0 Å². The van der Waals surface area contributed by atoms with E-state index in [1.54, 1.807) is 19.1 Å². The molecule has 1 saturated carbocycles. The fourth-order valence-corrected chi connectivity index (χ4v) is 1.93. The van der Waals surface area contributed by atoms with Crippen molar-refractivity contribution in [2.24, 2.45) is 5.92 Å². The van der Waals surface area contributed by atoms with Gasteiger partial charge in [-0.3, -0.25) is 0 Å². The topological polar surface area (TPSA) is 87.7 Å². The minimum absolute atomic E-state index is 0.231. The van der Waals surface area contributed by atoms with Gasteiger partial charge in [-0.25, -0.2) is 9.59 Å². The van der Waals surface area contributed by atoms with E-state index in [-0.39, 0.29) is 11.6 Å². The molecule has 0 atom stereocenters. The van der Waals surface area contributed by atoms with E-state index in [2.05, 4.69) is 10.6 Å². The van der Waals surface area contributed by atoms with Gasteiger partial charge < -0.3 is 20.5 Å². The number of urea groups is 1. The van der Waals surface area contributed by atoms with E-state index < -0.39 is 5.97 Å². The molecule has 1 aliphatic carbocycles. The Bertz CT molecular complexity index is 526. The molecule has 21 heavy (non-hydrogen) atoms. The Labute approximate surface area is 123 Å². The summed E-state index contributed by atoms with van der Waals surface area (Å²) in [6.07, 6.45) is 2.50. The Balaban J connectivity index is 1.71. The van der Waals surface area contributed by atoms with Crippen molar-refractivity contribution in [2.75, 3.05) is 25.1 Å². The molecular weight excluding hydrogens is 272 g/mol. The standard InChI is InChI=1S/C15H20N2O4/c1-10-8-12(4-5-13(10)14(18)19)17-15(20)16-6-7-21-9-11-2-3-11/h4-5,8,11H,2-3,6-7,9H2,1H3,(H,18,19)(H2,16,17,20). The molecule has 2 amide bonds. The molecular formula is C15H20N2O4. The van der Waals surface area contributed by atoms with Gasteiger partial charge in [-0.2, -0.15) is 0 Å². The summed E-state index contributed by atoms with van der Waals surface area (Å²) in [5.74, 6) is -0.258. The molecule has 6 heteroatoms. The molecule has 0 unspecified atom stereocenters. The van der Waals surface area contributed by atoms with Crippen molar-refractivity contribution < 1.29 is 19.4 Å². The van der Waals surface area contributed by atoms with Crippen LogP contribution in [-0.4, -0.2) is 36.9 Å². The molecule has 1 fully saturated rings. The highest BCUT2D eigenvalue weighted by molar-refractivity contribution is 5.92. The predicted molar refractivity (Wildman–Crippen MR) is 78.7 cm³/mol. The molecule has 1 aromatic carbocycles. The number of ether oxygens (including phenoxy) is 1. The largest absolute Gasteiger partial charge is 0.478 e. The molecule has 1 aliphatic rings. The molecule has 6 nitrogen and oxygen atoms in total. The number of benzene rings is 1. The Morgan fingerprint density at radius 1 is 1.38 bits per heavy atom. The molecule has 0 aliphatic heterocycles. The average Bonchev–Trinajstić information content (AvgIpc) is 3.22. The normalized spacial score (nSPS) is 13.8. The van der Waals surface area contributed by atoms with Crippen LogP contribution in [0.3, 0.4) is 0 Å². The van der Waals surface area contributed by atoms with Gasteiger partial charge >= 0.3 is 12.0 Å². The number of aryl methyl sites for hydroxylation is 1. The van der Waals surface area contributed by atoms with Gasteiger partial charge in [0.1, 0.15) is 0 Å². The van der Waals surface area contributed by atoms with Gasteiger partial charge in [0.05, 0.1) is 12.2 Å². The number of anilines is 1. The number of nitrogens with one attached hydrogen (secondary N) is 2. The number of hydrogen-bond donors (Lipinski definition) is 3. The number of hydrogen-bond acceptors (Lipinski definition) is 3. The summed E-state index contributed by atoms with van der Waals surface area (Å²) in [6, 6.07) is 4.35. The Morgan fingerprint density at radius 3 is 2.76 bits per heavy atom. The lowest BCUT2D eigenvalue weighted by Gasteiger charge is -2.09. The number of amides is 2. The maximum atomic E-state index is 11.7. The lowest BCUT2D eigenvalue weighted by atomic mass is 10.1. The zero-order chi connectivity index (χ0) is 15.2. The van der Waals surface area contributed by atoms with E-state index in [1.165, 1.54) is 18.9 Å². The van der Waals surface area contributed by atoms with Crippen molar-refractivity contribution in [3.05, 3.63) is 29.3 Å². The molecule has 114 valence electrons. The maximum absolute atomic E-state index is 11.7. The monoisotopic (exact) mass is 292 g/mol. The first-order chi connectivity index (χ1) is 10.1. The van der Waals surface area contributed by atoms with Crippen molar-refractivity contribution >= 4 is 17.7 Å². The van der Waals surface area contributed by atoms with Crippen molar-refractivity contribution in [2.45, 2.75) is 19.8 Å². The van der Waals surface area contributed by atoms with Gasteiger partial charge in [-0.15, -0.1) is 0 Å². The van der Waals surface area contributed by atoms with Crippen LogP contribution in [0.4, 0.5) is 10.5 Å². The number of carboxylic acid groups (broad SMARTS) is 1. The van der Waals surface area contributed by atoms with Crippen LogP contribution in [0, 0.1) is 12.8 Å². The SMILES string of the molecule is Cc1cc(NC(=O)NCCOCC2CC2)ccc1C(=O)O. The fourth-order valence-electron chi connectivity index (χ4n) is 1.93. The highest BCUT2D eigenvalue weighted by atomic mass is 16.5. The molecule has 3 N–H and O–H groups in total. The zero-order valence-corrected chi connectivity index (χ0v) is 12.0. The van der Waals surface area contributed by atoms with Crippen LogP contribution in [-0.2, 0) is 4.74 Å². The molecule has 0 spiro atoms. The molecule has 0 radical (unpaired) electrons. The third kappa shape index (κ3) is 5.07. The van der Waals surface area contributed by atoms with Crippen LogP contribution < -0.4 is 10.6 Å². The lowest BCUT2D eigenvalue weighted by molar-refractivity contribution is 0.0696. The van der Waals surface area contributed by atoms with Gasteiger partial charge in [0, 0.05) is 18.8 Å². The summed E-state index contributed by atoms with van der Waals surface area (Å²) >= 11 is 0. The van der Waals surface area contributed by atoms with Crippen LogP contribution in [0.25, 0.3) is 0 Å². The summed E-state index contributed by atoms with van der Waals surface area (Å²) in [5, 5.41) is 14.3. The average molecular weight is 292 g/mol. The van der Waals surface area contributed by atoms with Crippen LogP contribution in [0.5, 0.6) is 0 Å². The van der Waals surface area contributed by atoms with Crippen LogP contribution >= 0.6 is 0 Å². The quantitative estimate of drug-likeness (QED) is 0.673. The van der Waals surface area contributed by atoms with E-state index in [4.69, 9.17) is 9.84 Å². The molecule has 0 aromatic heterocycles. The summed E-state index contributed by atoms with van der Waals surface area (Å²) in [4.78, 5) is 22.6.